The van der Waals surface area contributed by atoms with Crippen LogP contribution in [0.2, 0.25) is 0 Å². The number of benzene rings is 6. The predicted molar refractivity (Wildman–Crippen MR) is 231 cm³/mol. The zero-order chi connectivity index (χ0) is 41.2. The van der Waals surface area contributed by atoms with Crippen LogP contribution in [-0.2, 0) is 0 Å². The molecule has 60 heavy (non-hydrogen) atoms. The van der Waals surface area contributed by atoms with Crippen molar-refractivity contribution in [2.75, 3.05) is 0 Å². The zero-order valence-electron chi connectivity index (χ0n) is 32.9. The molecule has 10 aromatic rings. The van der Waals surface area contributed by atoms with Gasteiger partial charge < -0.3 is 9.13 Å². The first-order valence-electron chi connectivity index (χ1n) is 19.2. The van der Waals surface area contributed by atoms with Crippen LogP contribution in [0.5, 0.6) is 0 Å². The van der Waals surface area contributed by atoms with Crippen LogP contribution < -0.4 is 0 Å². The molecule has 4 heterocycles. The zero-order valence-corrected chi connectivity index (χ0v) is 32.9. The maximum Gasteiger partial charge on any atom is 0.163 e. The van der Waals surface area contributed by atoms with Crippen LogP contribution in [0.3, 0.4) is 0 Å². The molecule has 0 radical (unpaired) electrons. The number of nitriles is 3. The van der Waals surface area contributed by atoms with Crippen LogP contribution >= 0.6 is 0 Å². The van der Waals surface area contributed by atoms with Gasteiger partial charge in [0.2, 0.25) is 0 Å². The van der Waals surface area contributed by atoms with Crippen molar-refractivity contribution in [2.24, 2.45) is 0 Å². The smallest absolute Gasteiger partial charge is 0.163 e. The third kappa shape index (κ3) is 5.79. The summed E-state index contributed by atoms with van der Waals surface area (Å²) in [5.74, 6) is 3.58. The lowest BCUT2D eigenvalue weighted by molar-refractivity contribution is 0.928. The molecule has 0 aliphatic carbocycles. The Kier molecular flexibility index (Phi) is 8.24. The summed E-state index contributed by atoms with van der Waals surface area (Å²) in [6, 6.07) is 44.6. The van der Waals surface area contributed by atoms with Crippen molar-refractivity contribution in [3.05, 3.63) is 155 Å². The van der Waals surface area contributed by atoms with E-state index in [0.717, 1.165) is 54.7 Å². The molecular formula is C49H31N11. The Morgan fingerprint density at radius 2 is 0.767 bits per heavy atom. The second-order valence-corrected chi connectivity index (χ2v) is 14.7. The molecule has 0 N–H and O–H groups in total. The summed E-state index contributed by atoms with van der Waals surface area (Å²) >= 11 is 0. The normalized spacial score (nSPS) is 11.3. The van der Waals surface area contributed by atoms with Gasteiger partial charge in [-0.25, -0.2) is 29.9 Å². The molecule has 0 aliphatic heterocycles. The maximum atomic E-state index is 10.9. The van der Waals surface area contributed by atoms with Crippen molar-refractivity contribution >= 4 is 43.6 Å². The van der Waals surface area contributed by atoms with Gasteiger partial charge >= 0.3 is 0 Å². The van der Waals surface area contributed by atoms with E-state index in [2.05, 4.69) is 85.8 Å². The van der Waals surface area contributed by atoms with Crippen LogP contribution in [-0.4, -0.2) is 39.0 Å². The molecular weight excluding hydrogens is 743 g/mol. The second-order valence-electron chi connectivity index (χ2n) is 14.7. The Bertz CT molecular complexity index is 3330. The van der Waals surface area contributed by atoms with Crippen molar-refractivity contribution in [1.29, 1.82) is 15.8 Å². The van der Waals surface area contributed by atoms with E-state index in [1.807, 2.05) is 76.2 Å². The number of nitrogens with zero attached hydrogens (tertiary/aromatic N) is 11. The first-order chi connectivity index (χ1) is 29.2. The summed E-state index contributed by atoms with van der Waals surface area (Å²) in [5, 5.41) is 35.4. The molecule has 282 valence electrons. The molecule has 0 unspecified atom stereocenters. The van der Waals surface area contributed by atoms with Crippen LogP contribution in [0.1, 0.15) is 40.0 Å². The van der Waals surface area contributed by atoms with Gasteiger partial charge in [0, 0.05) is 38.2 Å². The first kappa shape index (κ1) is 35.8. The van der Waals surface area contributed by atoms with Crippen LogP contribution in [0.15, 0.2) is 115 Å². The lowest BCUT2D eigenvalue weighted by Gasteiger charge is -2.21. The third-order valence-electron chi connectivity index (χ3n) is 10.8. The molecule has 0 bridgehead atoms. The molecule has 10 rings (SSSR count). The van der Waals surface area contributed by atoms with Crippen molar-refractivity contribution < 1.29 is 0 Å². The van der Waals surface area contributed by atoms with Gasteiger partial charge in [-0.15, -0.1) is 0 Å². The largest absolute Gasteiger partial charge is 0.308 e. The molecule has 0 saturated carbocycles. The number of hydrogen-bond donors (Lipinski definition) is 0. The molecule has 4 aromatic heterocycles. The number of rotatable bonds is 5. The van der Waals surface area contributed by atoms with E-state index >= 15 is 0 Å². The molecule has 0 fully saturated rings. The average Bonchev–Trinajstić information content (AvgIpc) is 3.77. The monoisotopic (exact) mass is 773 g/mol. The number of hydrogen-bond acceptors (Lipinski definition) is 9. The quantitative estimate of drug-likeness (QED) is 0.166. The van der Waals surface area contributed by atoms with Gasteiger partial charge in [0.05, 0.1) is 68.3 Å². The Labute approximate surface area is 343 Å². The highest BCUT2D eigenvalue weighted by atomic mass is 15.0. The lowest BCUT2D eigenvalue weighted by atomic mass is 9.95. The average molecular weight is 774 g/mol. The molecule has 11 heteroatoms. The van der Waals surface area contributed by atoms with E-state index in [9.17, 15) is 15.8 Å². The fourth-order valence-electron chi connectivity index (χ4n) is 8.45. The van der Waals surface area contributed by atoms with Gasteiger partial charge in [-0.05, 0) is 87.9 Å². The molecule has 0 amide bonds. The Morgan fingerprint density at radius 3 is 1.18 bits per heavy atom. The summed E-state index contributed by atoms with van der Waals surface area (Å²) in [4.78, 5) is 27.6. The van der Waals surface area contributed by atoms with Crippen LogP contribution in [0, 0.1) is 61.7 Å². The maximum absolute atomic E-state index is 10.9. The Hall–Kier alpha value is -8.59. The van der Waals surface area contributed by atoms with Crippen molar-refractivity contribution in [3.63, 3.8) is 0 Å². The molecule has 0 aliphatic rings. The topological polar surface area (TPSA) is 159 Å². The van der Waals surface area contributed by atoms with E-state index < -0.39 is 0 Å². The number of para-hydroxylation sites is 2. The highest BCUT2D eigenvalue weighted by Gasteiger charge is 2.25. The van der Waals surface area contributed by atoms with Gasteiger partial charge in [-0.3, -0.25) is 0 Å². The minimum atomic E-state index is 0.334. The van der Waals surface area contributed by atoms with Gasteiger partial charge in [0.15, 0.2) is 11.6 Å². The fraction of sp³-hybridized carbons (Fsp3) is 0.0816. The predicted octanol–water partition coefficient (Wildman–Crippen LogP) is 10.1. The van der Waals surface area contributed by atoms with E-state index in [1.54, 1.807) is 18.2 Å². The fourth-order valence-corrected chi connectivity index (χ4v) is 8.45. The molecule has 6 aromatic carbocycles. The van der Waals surface area contributed by atoms with Crippen LogP contribution in [0.25, 0.3) is 88.9 Å². The first-order valence-corrected chi connectivity index (χ1v) is 19.2. The number of fused-ring (bicyclic) bond motifs is 6. The van der Waals surface area contributed by atoms with Crippen LogP contribution in [0.4, 0.5) is 0 Å². The van der Waals surface area contributed by atoms with Gasteiger partial charge in [0.1, 0.15) is 23.3 Å². The van der Waals surface area contributed by atoms with Gasteiger partial charge in [-0.2, -0.15) is 15.8 Å². The summed E-state index contributed by atoms with van der Waals surface area (Å²) in [7, 11) is 0. The van der Waals surface area contributed by atoms with E-state index in [1.165, 1.54) is 0 Å². The highest BCUT2D eigenvalue weighted by molar-refractivity contribution is 6.13. The Morgan fingerprint density at radius 1 is 0.383 bits per heavy atom. The standard InChI is InChI=1S/C49H31N11/c1-27-53-28(2)56-48(55-27)34-13-15-39-37-9-5-7-11-41(37)59(43(39)22-34)45-20-33(26-52)21-46(47(45)36-18-31(24-50)17-32(19-36)25-51)60-42-12-8-6-10-38(42)40-16-14-35(23-44(40)60)49-57-29(3)54-30(4)58-49/h5-23H,1-4H3. The van der Waals surface area contributed by atoms with E-state index in [4.69, 9.17) is 19.9 Å². The van der Waals surface area contributed by atoms with E-state index in [0.29, 0.717) is 74.1 Å². The summed E-state index contributed by atoms with van der Waals surface area (Å²) in [5.41, 5.74) is 8.90. The Balaban J connectivity index is 1.38. The minimum Gasteiger partial charge on any atom is -0.308 e. The molecule has 0 atom stereocenters. The number of aromatic nitrogens is 8. The molecule has 0 spiro atoms. The van der Waals surface area contributed by atoms with Crippen molar-refractivity contribution in [3.8, 4) is 63.5 Å². The third-order valence-corrected chi connectivity index (χ3v) is 10.8. The molecule has 0 saturated heterocycles. The SMILES string of the molecule is Cc1nc(C)nc(-c2ccc3c4ccccc4n(-c4cc(C#N)cc(-n5c6ccccc6c6ccc(-c7nc(C)nc(C)n7)cc65)c4-c4cc(C#N)cc(C#N)c4)c3c2)n1. The minimum absolute atomic E-state index is 0.334. The van der Waals surface area contributed by atoms with Crippen molar-refractivity contribution in [1.82, 2.24) is 39.0 Å². The van der Waals surface area contributed by atoms with Gasteiger partial charge in [-0.1, -0.05) is 60.7 Å². The summed E-state index contributed by atoms with van der Waals surface area (Å²) in [6.45, 7) is 7.40. The second kappa shape index (κ2) is 13.8. The lowest BCUT2D eigenvalue weighted by Crippen LogP contribution is -2.06. The number of aryl methyl sites for hydroxylation is 4. The van der Waals surface area contributed by atoms with Gasteiger partial charge in [0.25, 0.3) is 0 Å². The van der Waals surface area contributed by atoms with Crippen molar-refractivity contribution in [2.45, 2.75) is 27.7 Å². The van der Waals surface area contributed by atoms with E-state index in [-0.39, 0.29) is 0 Å². The summed E-state index contributed by atoms with van der Waals surface area (Å²) in [6.07, 6.45) is 0. The summed E-state index contributed by atoms with van der Waals surface area (Å²) < 4.78 is 4.32. The molecule has 11 nitrogen and oxygen atoms in total. The highest BCUT2D eigenvalue weighted by Crippen LogP contribution is 2.44.